The smallest absolute Gasteiger partial charge is 0.185 e. The van der Waals surface area contributed by atoms with Gasteiger partial charge in [0.15, 0.2) is 23.6 Å². The second-order valence-electron chi connectivity index (χ2n) is 3.37. The zero-order valence-electron chi connectivity index (χ0n) is 9.56. The first-order valence-corrected chi connectivity index (χ1v) is 5.01. The van der Waals surface area contributed by atoms with Gasteiger partial charge in [-0.15, -0.1) is 0 Å². The molecule has 0 saturated carbocycles. The summed E-state index contributed by atoms with van der Waals surface area (Å²) in [6.07, 6.45) is 2.27. The number of hydrogen-bond donors (Lipinski definition) is 1. The third kappa shape index (κ3) is 2.13. The maximum atomic E-state index is 10.5. The highest BCUT2D eigenvalue weighted by Gasteiger charge is 2.08. The first-order chi connectivity index (χ1) is 8.28. The molecule has 0 bridgehead atoms. The number of rotatable bonds is 4. The van der Waals surface area contributed by atoms with E-state index in [1.165, 1.54) is 0 Å². The molecule has 0 aliphatic heterocycles. The largest absolute Gasteiger partial charge is 0.493 e. The Balaban J connectivity index is 2.42. The van der Waals surface area contributed by atoms with Crippen molar-refractivity contribution in [2.75, 3.05) is 14.2 Å². The molecule has 1 aromatic heterocycles. The van der Waals surface area contributed by atoms with Crippen LogP contribution in [0, 0.1) is 0 Å². The number of carbonyl (C=O) groups is 1. The number of methoxy groups -OCH3 is 2. The lowest BCUT2D eigenvalue weighted by Gasteiger charge is -2.08. The van der Waals surface area contributed by atoms with Crippen molar-refractivity contribution in [3.8, 4) is 22.8 Å². The minimum absolute atomic E-state index is 0.301. The highest BCUT2D eigenvalue weighted by atomic mass is 16.5. The van der Waals surface area contributed by atoms with Gasteiger partial charge in [-0.2, -0.15) is 0 Å². The van der Waals surface area contributed by atoms with Gasteiger partial charge in [-0.1, -0.05) is 0 Å². The molecular weight excluding hydrogens is 220 g/mol. The number of aromatic nitrogens is 2. The molecular formula is C12H12N2O3. The molecule has 5 heteroatoms. The first-order valence-electron chi connectivity index (χ1n) is 5.01. The summed E-state index contributed by atoms with van der Waals surface area (Å²) in [6, 6.07) is 5.49. The Morgan fingerprint density at radius 2 is 2.00 bits per heavy atom. The van der Waals surface area contributed by atoms with Crippen LogP contribution in [0.5, 0.6) is 11.5 Å². The molecule has 17 heavy (non-hydrogen) atoms. The molecule has 0 amide bonds. The standard InChI is InChI=1S/C12H12N2O3/c1-16-10-4-3-8(5-11(10)17-2)9-6-13-12(7-15)14-9/h3-7H,1-2H3,(H,13,14). The number of aromatic amines is 1. The SMILES string of the molecule is COc1ccc(-c2cnc(C=O)[nH]2)cc1OC. The number of hydrogen-bond acceptors (Lipinski definition) is 4. The lowest BCUT2D eigenvalue weighted by Crippen LogP contribution is -1.91. The molecule has 1 N–H and O–H groups in total. The van der Waals surface area contributed by atoms with E-state index >= 15 is 0 Å². The number of benzene rings is 1. The van der Waals surface area contributed by atoms with Crippen molar-refractivity contribution in [3.63, 3.8) is 0 Å². The maximum Gasteiger partial charge on any atom is 0.185 e. The lowest BCUT2D eigenvalue weighted by molar-refractivity contribution is 0.111. The summed E-state index contributed by atoms with van der Waals surface area (Å²) in [4.78, 5) is 17.3. The lowest BCUT2D eigenvalue weighted by atomic mass is 10.1. The molecule has 0 fully saturated rings. The number of imidazole rings is 1. The number of aldehydes is 1. The minimum Gasteiger partial charge on any atom is -0.493 e. The Bertz CT molecular complexity index is 534. The number of nitrogens with zero attached hydrogens (tertiary/aromatic N) is 1. The minimum atomic E-state index is 0.301. The summed E-state index contributed by atoms with van der Waals surface area (Å²) in [5, 5.41) is 0. The molecule has 0 aliphatic rings. The highest BCUT2D eigenvalue weighted by molar-refractivity contribution is 5.72. The average molecular weight is 232 g/mol. The number of ether oxygens (including phenoxy) is 2. The van der Waals surface area contributed by atoms with Crippen LogP contribution in [0.3, 0.4) is 0 Å². The van der Waals surface area contributed by atoms with E-state index in [4.69, 9.17) is 9.47 Å². The molecule has 2 rings (SSSR count). The van der Waals surface area contributed by atoms with Crippen molar-refractivity contribution < 1.29 is 14.3 Å². The average Bonchev–Trinajstić information content (AvgIpc) is 2.86. The highest BCUT2D eigenvalue weighted by Crippen LogP contribution is 2.31. The summed E-state index contributed by atoms with van der Waals surface area (Å²) in [5.41, 5.74) is 1.64. The molecule has 0 saturated heterocycles. The third-order valence-corrected chi connectivity index (χ3v) is 2.40. The molecule has 0 unspecified atom stereocenters. The Hall–Kier alpha value is -2.30. The van der Waals surface area contributed by atoms with Crippen LogP contribution in [-0.4, -0.2) is 30.5 Å². The van der Waals surface area contributed by atoms with Crippen LogP contribution in [-0.2, 0) is 0 Å². The number of H-pyrrole nitrogens is 1. The normalized spacial score (nSPS) is 10.0. The van der Waals surface area contributed by atoms with Gasteiger partial charge < -0.3 is 14.5 Å². The predicted octanol–water partition coefficient (Wildman–Crippen LogP) is 1.91. The van der Waals surface area contributed by atoms with Crippen LogP contribution in [0.2, 0.25) is 0 Å². The molecule has 0 spiro atoms. The van der Waals surface area contributed by atoms with Crippen molar-refractivity contribution in [1.29, 1.82) is 0 Å². The molecule has 1 heterocycles. The van der Waals surface area contributed by atoms with E-state index in [0.29, 0.717) is 23.6 Å². The summed E-state index contributed by atoms with van der Waals surface area (Å²) in [5.74, 6) is 1.59. The summed E-state index contributed by atoms with van der Waals surface area (Å²) >= 11 is 0. The molecule has 88 valence electrons. The fourth-order valence-electron chi connectivity index (χ4n) is 1.55. The molecule has 0 aliphatic carbocycles. The maximum absolute atomic E-state index is 10.5. The van der Waals surface area contributed by atoms with E-state index < -0.39 is 0 Å². The first kappa shape index (κ1) is 11.2. The second kappa shape index (κ2) is 4.69. The molecule has 0 atom stereocenters. The van der Waals surface area contributed by atoms with E-state index in [2.05, 4.69) is 9.97 Å². The van der Waals surface area contributed by atoms with Gasteiger partial charge in [0.25, 0.3) is 0 Å². The Morgan fingerprint density at radius 3 is 2.59 bits per heavy atom. The van der Waals surface area contributed by atoms with Crippen LogP contribution in [0.15, 0.2) is 24.4 Å². The van der Waals surface area contributed by atoms with E-state index in [1.54, 1.807) is 26.5 Å². The van der Waals surface area contributed by atoms with Gasteiger partial charge in [0.05, 0.1) is 26.1 Å². The monoisotopic (exact) mass is 232 g/mol. The Labute approximate surface area is 98.4 Å². The van der Waals surface area contributed by atoms with Gasteiger partial charge in [0.1, 0.15) is 0 Å². The molecule has 2 aromatic rings. The molecule has 5 nitrogen and oxygen atoms in total. The van der Waals surface area contributed by atoms with Crippen molar-refractivity contribution in [3.05, 3.63) is 30.2 Å². The Kier molecular flexibility index (Phi) is 3.09. The molecule has 1 aromatic carbocycles. The zero-order valence-corrected chi connectivity index (χ0v) is 9.56. The van der Waals surface area contributed by atoms with Crippen molar-refractivity contribution in [1.82, 2.24) is 9.97 Å². The van der Waals surface area contributed by atoms with Gasteiger partial charge in [-0.25, -0.2) is 4.98 Å². The summed E-state index contributed by atoms with van der Waals surface area (Å²) in [7, 11) is 3.16. The fraction of sp³-hybridized carbons (Fsp3) is 0.167. The van der Waals surface area contributed by atoms with Crippen molar-refractivity contribution >= 4 is 6.29 Å². The number of nitrogens with one attached hydrogen (secondary N) is 1. The predicted molar refractivity (Wildman–Crippen MR) is 62.5 cm³/mol. The third-order valence-electron chi connectivity index (χ3n) is 2.40. The quantitative estimate of drug-likeness (QED) is 0.818. The molecule has 0 radical (unpaired) electrons. The van der Waals surface area contributed by atoms with Gasteiger partial charge >= 0.3 is 0 Å². The van der Waals surface area contributed by atoms with E-state index in [1.807, 2.05) is 12.1 Å². The van der Waals surface area contributed by atoms with E-state index in [9.17, 15) is 4.79 Å². The summed E-state index contributed by atoms with van der Waals surface area (Å²) < 4.78 is 10.3. The van der Waals surface area contributed by atoms with Crippen LogP contribution in [0.4, 0.5) is 0 Å². The van der Waals surface area contributed by atoms with Crippen molar-refractivity contribution in [2.45, 2.75) is 0 Å². The van der Waals surface area contributed by atoms with Gasteiger partial charge in [-0.3, -0.25) is 4.79 Å². The zero-order chi connectivity index (χ0) is 12.3. The fourth-order valence-corrected chi connectivity index (χ4v) is 1.55. The van der Waals surface area contributed by atoms with Crippen LogP contribution in [0.25, 0.3) is 11.3 Å². The van der Waals surface area contributed by atoms with E-state index in [-0.39, 0.29) is 0 Å². The summed E-state index contributed by atoms with van der Waals surface area (Å²) in [6.45, 7) is 0. The van der Waals surface area contributed by atoms with Crippen LogP contribution < -0.4 is 9.47 Å². The van der Waals surface area contributed by atoms with Crippen LogP contribution in [0.1, 0.15) is 10.6 Å². The van der Waals surface area contributed by atoms with E-state index in [0.717, 1.165) is 11.3 Å². The number of carbonyl (C=O) groups excluding carboxylic acids is 1. The van der Waals surface area contributed by atoms with Crippen LogP contribution >= 0.6 is 0 Å². The topological polar surface area (TPSA) is 64.2 Å². The Morgan fingerprint density at radius 1 is 1.24 bits per heavy atom. The van der Waals surface area contributed by atoms with Gasteiger partial charge in [0.2, 0.25) is 0 Å². The van der Waals surface area contributed by atoms with Crippen molar-refractivity contribution in [2.24, 2.45) is 0 Å². The van der Waals surface area contributed by atoms with Gasteiger partial charge in [0, 0.05) is 5.56 Å². The second-order valence-corrected chi connectivity index (χ2v) is 3.37. The van der Waals surface area contributed by atoms with Gasteiger partial charge in [-0.05, 0) is 18.2 Å².